The van der Waals surface area contributed by atoms with E-state index in [1.165, 1.54) is 25.6 Å². The molecule has 2 aliphatic rings. The second-order valence-corrected chi connectivity index (χ2v) is 7.16. The van der Waals surface area contributed by atoms with Crippen molar-refractivity contribution in [2.24, 2.45) is 5.41 Å². The van der Waals surface area contributed by atoms with E-state index in [4.69, 9.17) is 0 Å². The number of rotatable bonds is 3. The fourth-order valence-corrected chi connectivity index (χ4v) is 3.80. The summed E-state index contributed by atoms with van der Waals surface area (Å²) in [6.45, 7) is 2.72. The van der Waals surface area contributed by atoms with Gasteiger partial charge in [-0.05, 0) is 24.6 Å². The number of anilines is 2. The Balaban J connectivity index is 1.43. The van der Waals surface area contributed by atoms with E-state index in [9.17, 15) is 18.0 Å². The number of halogens is 3. The molecular weight excluding hydrogens is 375 g/mol. The van der Waals surface area contributed by atoms with E-state index in [0.29, 0.717) is 31.3 Å². The lowest BCUT2D eigenvalue weighted by Gasteiger charge is -2.49. The zero-order valence-corrected chi connectivity index (χ0v) is 15.1. The Morgan fingerprint density at radius 2 is 1.86 bits per heavy atom. The molecule has 7 nitrogen and oxygen atoms in total. The highest BCUT2D eigenvalue weighted by Crippen LogP contribution is 2.43. The van der Waals surface area contributed by atoms with E-state index in [-0.39, 0.29) is 11.1 Å². The molecule has 2 aliphatic heterocycles. The van der Waals surface area contributed by atoms with Crippen LogP contribution in [0.15, 0.2) is 30.6 Å². The smallest absolute Gasteiger partial charge is 0.433 e. The number of ether oxygens (including phenoxy) is 1. The summed E-state index contributed by atoms with van der Waals surface area (Å²) >= 11 is 0. The summed E-state index contributed by atoms with van der Waals surface area (Å²) in [4.78, 5) is 27.5. The molecule has 0 bridgehead atoms. The zero-order valence-electron chi connectivity index (χ0n) is 15.1. The number of nitrogens with zero attached hydrogens (tertiary/aromatic N) is 5. The van der Waals surface area contributed by atoms with Gasteiger partial charge in [-0.2, -0.15) is 13.2 Å². The first-order valence-electron chi connectivity index (χ1n) is 8.74. The number of hydrogen-bond donors (Lipinski definition) is 0. The van der Waals surface area contributed by atoms with Crippen LogP contribution in [-0.2, 0) is 10.9 Å². The van der Waals surface area contributed by atoms with Crippen LogP contribution in [0.4, 0.5) is 24.8 Å². The summed E-state index contributed by atoms with van der Waals surface area (Å²) in [5.41, 5.74) is -0.186. The van der Waals surface area contributed by atoms with Crippen LogP contribution in [0.25, 0.3) is 0 Å². The Morgan fingerprint density at radius 1 is 1.14 bits per heavy atom. The van der Waals surface area contributed by atoms with E-state index in [1.54, 1.807) is 6.07 Å². The Morgan fingerprint density at radius 3 is 2.57 bits per heavy atom. The third-order valence-corrected chi connectivity index (χ3v) is 5.21. The van der Waals surface area contributed by atoms with Crippen LogP contribution in [0.5, 0.6) is 0 Å². The lowest BCUT2D eigenvalue weighted by molar-refractivity contribution is -0.141. The second-order valence-electron chi connectivity index (χ2n) is 7.16. The van der Waals surface area contributed by atoms with Gasteiger partial charge in [0.1, 0.15) is 5.69 Å². The maximum absolute atomic E-state index is 12.9. The third kappa shape index (κ3) is 3.34. The van der Waals surface area contributed by atoms with Crippen LogP contribution in [0.2, 0.25) is 0 Å². The van der Waals surface area contributed by atoms with Crippen molar-refractivity contribution in [2.45, 2.75) is 12.6 Å². The molecule has 0 N–H and O–H groups in total. The fraction of sp³-hybridized carbons (Fsp3) is 0.444. The quantitative estimate of drug-likeness (QED) is 0.742. The van der Waals surface area contributed by atoms with Crippen molar-refractivity contribution in [1.82, 2.24) is 15.0 Å². The molecule has 2 saturated heterocycles. The van der Waals surface area contributed by atoms with Crippen LogP contribution in [0, 0.1) is 5.41 Å². The molecule has 0 amide bonds. The number of carbonyl (C=O) groups excluding carboxylic acids is 1. The summed E-state index contributed by atoms with van der Waals surface area (Å²) in [6.07, 6.45) is -0.865. The van der Waals surface area contributed by atoms with Crippen molar-refractivity contribution < 1.29 is 22.7 Å². The molecule has 2 aromatic heterocycles. The maximum Gasteiger partial charge on any atom is 0.433 e. The van der Waals surface area contributed by atoms with E-state index in [2.05, 4.69) is 19.7 Å². The summed E-state index contributed by atoms with van der Waals surface area (Å²) in [7, 11) is 1.29. The van der Waals surface area contributed by atoms with Gasteiger partial charge in [0.2, 0.25) is 5.95 Å². The molecule has 10 heteroatoms. The van der Waals surface area contributed by atoms with E-state index in [0.717, 1.165) is 19.0 Å². The van der Waals surface area contributed by atoms with Crippen LogP contribution < -0.4 is 9.80 Å². The maximum atomic E-state index is 12.9. The van der Waals surface area contributed by atoms with Crippen molar-refractivity contribution in [3.05, 3.63) is 42.0 Å². The third-order valence-electron chi connectivity index (χ3n) is 5.21. The Hall–Kier alpha value is -2.91. The molecule has 2 fully saturated rings. The highest BCUT2D eigenvalue weighted by Gasteiger charge is 2.48. The van der Waals surface area contributed by atoms with Crippen LogP contribution >= 0.6 is 0 Å². The standard InChI is InChI=1S/C18H18F3N5O2/c1-28-15(27)13-3-6-23-16(24-13)25-7-4-17(9-25)10-26(11-17)12-2-5-22-14(8-12)18(19,20)21/h2-3,5-6,8H,4,7,9-11H2,1H3. The van der Waals surface area contributed by atoms with Gasteiger partial charge in [0.25, 0.3) is 0 Å². The Bertz CT molecular complexity index is 899. The number of pyridine rings is 1. The normalized spacial score (nSPS) is 18.3. The molecule has 4 heterocycles. The van der Waals surface area contributed by atoms with Crippen LogP contribution in [0.1, 0.15) is 22.6 Å². The first kappa shape index (κ1) is 18.5. The van der Waals surface area contributed by atoms with Gasteiger partial charge < -0.3 is 14.5 Å². The molecule has 0 unspecified atom stereocenters. The number of hydrogen-bond acceptors (Lipinski definition) is 7. The molecule has 0 aliphatic carbocycles. The largest absolute Gasteiger partial charge is 0.464 e. The minimum absolute atomic E-state index is 0.0215. The van der Waals surface area contributed by atoms with Gasteiger partial charge in [0.15, 0.2) is 5.69 Å². The molecule has 4 rings (SSSR count). The monoisotopic (exact) mass is 393 g/mol. The van der Waals surface area contributed by atoms with Gasteiger partial charge in [-0.1, -0.05) is 0 Å². The van der Waals surface area contributed by atoms with Crippen LogP contribution in [0.3, 0.4) is 0 Å². The summed E-state index contributed by atoms with van der Waals surface area (Å²) in [5, 5.41) is 0. The summed E-state index contributed by atoms with van der Waals surface area (Å²) in [6, 6.07) is 4.17. The van der Waals surface area contributed by atoms with Crippen LogP contribution in [-0.4, -0.2) is 54.2 Å². The van der Waals surface area contributed by atoms with Crippen molar-refractivity contribution in [1.29, 1.82) is 0 Å². The zero-order chi connectivity index (χ0) is 19.9. The number of aromatic nitrogens is 3. The highest BCUT2D eigenvalue weighted by atomic mass is 19.4. The lowest BCUT2D eigenvalue weighted by Crippen LogP contribution is -2.57. The van der Waals surface area contributed by atoms with Crippen molar-refractivity contribution in [3.8, 4) is 0 Å². The highest BCUT2D eigenvalue weighted by molar-refractivity contribution is 5.87. The molecule has 28 heavy (non-hydrogen) atoms. The predicted molar refractivity (Wildman–Crippen MR) is 94.1 cm³/mol. The van der Waals surface area contributed by atoms with Gasteiger partial charge in [-0.15, -0.1) is 0 Å². The number of alkyl halides is 3. The first-order chi connectivity index (χ1) is 13.3. The molecular formula is C18H18F3N5O2. The lowest BCUT2D eigenvalue weighted by atomic mass is 9.79. The van der Waals surface area contributed by atoms with Gasteiger partial charge in [0.05, 0.1) is 7.11 Å². The Labute approximate surface area is 159 Å². The van der Waals surface area contributed by atoms with Gasteiger partial charge >= 0.3 is 12.1 Å². The van der Waals surface area contributed by atoms with Gasteiger partial charge in [0, 0.05) is 49.7 Å². The molecule has 1 spiro atoms. The Kier molecular flexibility index (Phi) is 4.35. The van der Waals surface area contributed by atoms with E-state index < -0.39 is 17.8 Å². The number of carbonyl (C=O) groups is 1. The fourth-order valence-electron chi connectivity index (χ4n) is 3.80. The SMILES string of the molecule is COC(=O)c1ccnc(N2CCC3(CN(c4ccnc(C(F)(F)F)c4)C3)C2)n1. The average Bonchev–Trinajstić information content (AvgIpc) is 3.11. The predicted octanol–water partition coefficient (Wildman–Crippen LogP) is 2.39. The van der Waals surface area contributed by atoms with E-state index >= 15 is 0 Å². The van der Waals surface area contributed by atoms with Gasteiger partial charge in [-0.3, -0.25) is 4.98 Å². The molecule has 0 aromatic carbocycles. The molecule has 148 valence electrons. The van der Waals surface area contributed by atoms with Crippen molar-refractivity contribution >= 4 is 17.6 Å². The molecule has 0 atom stereocenters. The first-order valence-corrected chi connectivity index (χ1v) is 8.74. The summed E-state index contributed by atoms with van der Waals surface area (Å²) < 4.78 is 43.3. The van der Waals surface area contributed by atoms with E-state index in [1.807, 2.05) is 9.80 Å². The summed E-state index contributed by atoms with van der Waals surface area (Å²) in [5.74, 6) is -0.0629. The average molecular weight is 393 g/mol. The molecule has 0 saturated carbocycles. The molecule has 2 aromatic rings. The minimum atomic E-state index is -4.45. The second kappa shape index (κ2) is 6.61. The van der Waals surface area contributed by atoms with Gasteiger partial charge in [-0.25, -0.2) is 14.8 Å². The van der Waals surface area contributed by atoms with Crippen molar-refractivity contribution in [3.63, 3.8) is 0 Å². The minimum Gasteiger partial charge on any atom is -0.464 e. The van der Waals surface area contributed by atoms with Crippen molar-refractivity contribution in [2.75, 3.05) is 43.1 Å². The molecule has 0 radical (unpaired) electrons. The topological polar surface area (TPSA) is 71.5 Å². The number of esters is 1. The number of methoxy groups -OCH3 is 1.